The van der Waals surface area contributed by atoms with Gasteiger partial charge in [0, 0.05) is 45.5 Å². The summed E-state index contributed by atoms with van der Waals surface area (Å²) in [6.07, 6.45) is 7.74. The summed E-state index contributed by atoms with van der Waals surface area (Å²) in [7, 11) is 4.13. The van der Waals surface area contributed by atoms with E-state index in [1.165, 1.54) is 24.1 Å². The van der Waals surface area contributed by atoms with Crippen molar-refractivity contribution in [2.24, 2.45) is 0 Å². The quantitative estimate of drug-likeness (QED) is 0.826. The van der Waals surface area contributed by atoms with Gasteiger partial charge in [-0.1, -0.05) is 18.1 Å². The van der Waals surface area contributed by atoms with Crippen molar-refractivity contribution in [1.82, 2.24) is 10.2 Å². The Morgan fingerprint density at radius 2 is 1.90 bits per heavy atom. The van der Waals surface area contributed by atoms with Crippen LogP contribution < -0.4 is 10.2 Å². The maximum absolute atomic E-state index is 5.35. The molecule has 1 aromatic carbocycles. The van der Waals surface area contributed by atoms with E-state index in [2.05, 4.69) is 59.4 Å². The van der Waals surface area contributed by atoms with E-state index in [-0.39, 0.29) is 0 Å². The summed E-state index contributed by atoms with van der Waals surface area (Å²) in [5.74, 6) is 2.73. The third kappa shape index (κ3) is 4.26. The molecule has 0 spiro atoms. The Morgan fingerprint density at radius 1 is 1.25 bits per heavy atom. The summed E-state index contributed by atoms with van der Waals surface area (Å²) in [5, 5.41) is 3.66. The molecule has 3 heteroatoms. The lowest BCUT2D eigenvalue weighted by molar-refractivity contribution is 0.217. The lowest BCUT2D eigenvalue weighted by atomic mass is 10.0. The van der Waals surface area contributed by atoms with Gasteiger partial charge in [-0.15, -0.1) is 6.42 Å². The Hall–Kier alpha value is -1.50. The fourth-order valence-electron chi connectivity index (χ4n) is 2.60. The van der Waals surface area contributed by atoms with Crippen molar-refractivity contribution in [3.63, 3.8) is 0 Å². The van der Waals surface area contributed by atoms with Crippen LogP contribution in [0.5, 0.6) is 0 Å². The van der Waals surface area contributed by atoms with Crippen molar-refractivity contribution in [3.8, 4) is 12.3 Å². The van der Waals surface area contributed by atoms with E-state index in [4.69, 9.17) is 6.42 Å². The maximum Gasteiger partial charge on any atom is 0.0598 e. The highest BCUT2D eigenvalue weighted by atomic mass is 15.1. The molecule has 108 valence electrons. The second-order valence-corrected chi connectivity index (χ2v) is 5.70. The maximum atomic E-state index is 5.35. The number of likely N-dealkylation sites (tertiary alicyclic amines) is 1. The number of anilines is 1. The first-order valence-corrected chi connectivity index (χ1v) is 7.34. The van der Waals surface area contributed by atoms with Crippen molar-refractivity contribution in [1.29, 1.82) is 0 Å². The molecule has 1 saturated heterocycles. The summed E-state index contributed by atoms with van der Waals surface area (Å²) in [5.41, 5.74) is 2.60. The summed E-state index contributed by atoms with van der Waals surface area (Å²) in [6, 6.07) is 9.38. The third-order valence-corrected chi connectivity index (χ3v) is 3.95. The van der Waals surface area contributed by atoms with Gasteiger partial charge in [-0.3, -0.25) is 4.90 Å². The van der Waals surface area contributed by atoms with E-state index in [1.54, 1.807) is 0 Å². The van der Waals surface area contributed by atoms with E-state index in [1.807, 2.05) is 0 Å². The molecule has 0 atom stereocenters. The highest BCUT2D eigenvalue weighted by Gasteiger charge is 2.17. The Balaban J connectivity index is 1.74. The zero-order valence-electron chi connectivity index (χ0n) is 12.6. The van der Waals surface area contributed by atoms with Crippen LogP contribution in [-0.2, 0) is 6.54 Å². The van der Waals surface area contributed by atoms with Gasteiger partial charge in [0.15, 0.2) is 0 Å². The molecule has 0 aromatic heterocycles. The molecule has 1 aromatic rings. The Morgan fingerprint density at radius 3 is 2.45 bits per heavy atom. The minimum absolute atomic E-state index is 0.623. The van der Waals surface area contributed by atoms with Crippen LogP contribution in [0.3, 0.4) is 0 Å². The van der Waals surface area contributed by atoms with Crippen LogP contribution in [0.1, 0.15) is 18.4 Å². The summed E-state index contributed by atoms with van der Waals surface area (Å²) in [6.45, 7) is 3.97. The smallest absolute Gasteiger partial charge is 0.0598 e. The molecule has 1 heterocycles. The van der Waals surface area contributed by atoms with Crippen LogP contribution in [0.15, 0.2) is 24.3 Å². The van der Waals surface area contributed by atoms with Gasteiger partial charge in [-0.25, -0.2) is 0 Å². The first-order valence-electron chi connectivity index (χ1n) is 7.34. The van der Waals surface area contributed by atoms with Gasteiger partial charge in [-0.2, -0.15) is 0 Å². The molecule has 0 radical (unpaired) electrons. The molecule has 20 heavy (non-hydrogen) atoms. The van der Waals surface area contributed by atoms with Crippen LogP contribution >= 0.6 is 0 Å². The second-order valence-electron chi connectivity index (χ2n) is 5.70. The fourth-order valence-corrected chi connectivity index (χ4v) is 2.60. The molecule has 1 aliphatic heterocycles. The topological polar surface area (TPSA) is 18.5 Å². The van der Waals surface area contributed by atoms with Crippen LogP contribution in [0.25, 0.3) is 0 Å². The second kappa shape index (κ2) is 7.33. The standard InChI is InChI=1S/C17H25N3/c1-4-11-20-12-9-16(10-13-20)18-14-15-5-7-17(8-6-15)19(2)3/h1,5-8,16,18H,9-14H2,2-3H3. The molecule has 3 nitrogen and oxygen atoms in total. The predicted octanol–water partition coefficient (Wildman–Crippen LogP) is 1.94. The zero-order valence-corrected chi connectivity index (χ0v) is 12.6. The van der Waals surface area contributed by atoms with E-state index in [9.17, 15) is 0 Å². The first kappa shape index (κ1) is 14.9. The normalized spacial score (nSPS) is 16.9. The largest absolute Gasteiger partial charge is 0.378 e. The summed E-state index contributed by atoms with van der Waals surface area (Å²) >= 11 is 0. The zero-order chi connectivity index (χ0) is 14.4. The Kier molecular flexibility index (Phi) is 5.46. The molecule has 0 aliphatic carbocycles. The highest BCUT2D eigenvalue weighted by molar-refractivity contribution is 5.45. The van der Waals surface area contributed by atoms with Gasteiger partial charge in [0.1, 0.15) is 0 Å². The van der Waals surface area contributed by atoms with Gasteiger partial charge < -0.3 is 10.2 Å². The van der Waals surface area contributed by atoms with E-state index >= 15 is 0 Å². The van der Waals surface area contributed by atoms with Crippen LogP contribution in [-0.4, -0.2) is 44.7 Å². The van der Waals surface area contributed by atoms with Crippen LogP contribution in [0.4, 0.5) is 5.69 Å². The minimum atomic E-state index is 0.623. The number of nitrogens with zero attached hydrogens (tertiary/aromatic N) is 2. The summed E-state index contributed by atoms with van der Waals surface area (Å²) < 4.78 is 0. The number of benzene rings is 1. The predicted molar refractivity (Wildman–Crippen MR) is 85.9 cm³/mol. The molecule has 0 saturated carbocycles. The highest BCUT2D eigenvalue weighted by Crippen LogP contribution is 2.14. The van der Waals surface area contributed by atoms with Crippen molar-refractivity contribution >= 4 is 5.69 Å². The van der Waals surface area contributed by atoms with Gasteiger partial charge in [0.2, 0.25) is 0 Å². The van der Waals surface area contributed by atoms with Crippen molar-refractivity contribution < 1.29 is 0 Å². The molecular weight excluding hydrogens is 246 g/mol. The lowest BCUT2D eigenvalue weighted by Crippen LogP contribution is -2.42. The van der Waals surface area contributed by atoms with E-state index in [0.717, 1.165) is 26.2 Å². The molecular formula is C17H25N3. The first-order chi connectivity index (χ1) is 9.69. The number of hydrogen-bond donors (Lipinski definition) is 1. The fraction of sp³-hybridized carbons (Fsp3) is 0.529. The van der Waals surface area contributed by atoms with Gasteiger partial charge in [0.25, 0.3) is 0 Å². The van der Waals surface area contributed by atoms with Crippen LogP contribution in [0.2, 0.25) is 0 Å². The van der Waals surface area contributed by atoms with Gasteiger partial charge in [-0.05, 0) is 30.5 Å². The molecule has 1 aliphatic rings. The molecule has 2 rings (SSSR count). The van der Waals surface area contributed by atoms with Gasteiger partial charge >= 0.3 is 0 Å². The molecule has 0 bridgehead atoms. The number of rotatable bonds is 5. The number of hydrogen-bond acceptors (Lipinski definition) is 3. The minimum Gasteiger partial charge on any atom is -0.378 e. The van der Waals surface area contributed by atoms with Gasteiger partial charge in [0.05, 0.1) is 6.54 Å². The van der Waals surface area contributed by atoms with Crippen molar-refractivity contribution in [2.45, 2.75) is 25.4 Å². The lowest BCUT2D eigenvalue weighted by Gasteiger charge is -2.31. The molecule has 1 fully saturated rings. The molecule has 1 N–H and O–H groups in total. The van der Waals surface area contributed by atoms with E-state index < -0.39 is 0 Å². The van der Waals surface area contributed by atoms with E-state index in [0.29, 0.717) is 6.04 Å². The number of nitrogens with one attached hydrogen (secondary N) is 1. The SMILES string of the molecule is C#CCN1CCC(NCc2ccc(N(C)C)cc2)CC1. The average molecular weight is 271 g/mol. The van der Waals surface area contributed by atoms with Crippen LogP contribution in [0, 0.1) is 12.3 Å². The number of piperidine rings is 1. The van der Waals surface area contributed by atoms with Crippen molar-refractivity contribution in [3.05, 3.63) is 29.8 Å². The Labute approximate surface area is 123 Å². The van der Waals surface area contributed by atoms with Crippen molar-refractivity contribution in [2.75, 3.05) is 38.6 Å². The number of terminal acetylenes is 1. The molecule has 0 unspecified atom stereocenters. The average Bonchev–Trinajstić information content (AvgIpc) is 2.47. The molecule has 0 amide bonds. The summed E-state index contributed by atoms with van der Waals surface area (Å²) in [4.78, 5) is 4.47. The monoisotopic (exact) mass is 271 g/mol. The Bertz CT molecular complexity index is 436. The third-order valence-electron chi connectivity index (χ3n) is 3.95.